The van der Waals surface area contributed by atoms with Crippen LogP contribution < -0.4 is 0 Å². The van der Waals surface area contributed by atoms with Crippen LogP contribution in [0.3, 0.4) is 0 Å². The fourth-order valence-electron chi connectivity index (χ4n) is 2.62. The maximum absolute atomic E-state index is 11.1. The monoisotopic (exact) mass is 232 g/mol. The van der Waals surface area contributed by atoms with Crippen molar-refractivity contribution in [2.75, 3.05) is 13.1 Å². The Bertz CT molecular complexity index is 392. The molecule has 0 N–H and O–H groups in total. The van der Waals surface area contributed by atoms with Gasteiger partial charge in [-0.1, -0.05) is 0 Å². The lowest BCUT2D eigenvalue weighted by molar-refractivity contribution is -0.953. The highest BCUT2D eigenvalue weighted by Gasteiger charge is 2.55. The van der Waals surface area contributed by atoms with Crippen LogP contribution in [-0.4, -0.2) is 47.0 Å². The number of hydrogen-bond donors (Lipinski definition) is 0. The molecule has 0 radical (unpaired) electrons. The maximum atomic E-state index is 11.1. The van der Waals surface area contributed by atoms with E-state index in [1.54, 1.807) is 0 Å². The molecule has 2 heterocycles. The van der Waals surface area contributed by atoms with E-state index >= 15 is 0 Å². The zero-order valence-electron chi connectivity index (χ0n) is 8.96. The molecule has 0 bridgehead atoms. The van der Waals surface area contributed by atoms with E-state index in [0.717, 1.165) is 13.1 Å². The molecular weight excluding hydrogens is 216 g/mol. The molecular formula is C9H16N2O3S. The molecule has 2 aliphatic rings. The molecule has 2 aliphatic heterocycles. The minimum atomic E-state index is -4.18. The van der Waals surface area contributed by atoms with Crippen molar-refractivity contribution in [3.8, 4) is 0 Å². The number of quaternary nitrogens is 1. The predicted octanol–water partition coefficient (Wildman–Crippen LogP) is 0.231. The van der Waals surface area contributed by atoms with Crippen molar-refractivity contribution in [2.45, 2.75) is 31.8 Å². The lowest BCUT2D eigenvalue weighted by atomic mass is 10.1. The average molecular weight is 232 g/mol. The van der Waals surface area contributed by atoms with E-state index in [9.17, 15) is 13.0 Å². The first kappa shape index (κ1) is 10.9. The lowest BCUT2D eigenvalue weighted by Gasteiger charge is -2.52. The highest BCUT2D eigenvalue weighted by molar-refractivity contribution is 7.86. The first-order valence-corrected chi connectivity index (χ1v) is 6.66. The minimum absolute atomic E-state index is 0.0671. The fourth-order valence-corrected chi connectivity index (χ4v) is 3.85. The Morgan fingerprint density at radius 3 is 2.60 bits per heavy atom. The van der Waals surface area contributed by atoms with Crippen molar-refractivity contribution in [3.63, 3.8) is 0 Å². The van der Waals surface area contributed by atoms with Gasteiger partial charge in [0, 0.05) is 13.5 Å². The van der Waals surface area contributed by atoms with Crippen LogP contribution in [0.1, 0.15) is 20.3 Å². The molecule has 3 unspecified atom stereocenters. The Balaban J connectivity index is 2.28. The Hall–Kier alpha value is -0.590. The molecule has 1 saturated heterocycles. The molecule has 5 nitrogen and oxygen atoms in total. The van der Waals surface area contributed by atoms with Crippen LogP contribution in [0.25, 0.3) is 0 Å². The SMILES string of the molecule is CCN1C=C[N+]2(CCC2S(=O)(=O)[O-])C1C. The second-order valence-electron chi connectivity index (χ2n) is 4.22. The summed E-state index contributed by atoms with van der Waals surface area (Å²) in [5.41, 5.74) is 0. The molecule has 0 aromatic rings. The molecule has 0 amide bonds. The molecule has 0 aliphatic carbocycles. The summed E-state index contributed by atoms with van der Waals surface area (Å²) < 4.78 is 33.6. The Morgan fingerprint density at radius 1 is 1.60 bits per heavy atom. The number of nitrogens with zero attached hydrogens (tertiary/aromatic N) is 2. The maximum Gasteiger partial charge on any atom is 0.190 e. The Kier molecular flexibility index (Phi) is 2.33. The zero-order chi connectivity index (χ0) is 11.3. The molecule has 0 aromatic heterocycles. The van der Waals surface area contributed by atoms with Gasteiger partial charge in [0.05, 0.1) is 19.2 Å². The highest BCUT2D eigenvalue weighted by atomic mass is 32.2. The zero-order valence-corrected chi connectivity index (χ0v) is 9.77. The van der Waals surface area contributed by atoms with Crippen LogP contribution in [0, 0.1) is 0 Å². The highest BCUT2D eigenvalue weighted by Crippen LogP contribution is 2.40. The van der Waals surface area contributed by atoms with Crippen LogP contribution in [0.15, 0.2) is 12.4 Å². The van der Waals surface area contributed by atoms with Crippen molar-refractivity contribution in [3.05, 3.63) is 12.4 Å². The third-order valence-electron chi connectivity index (χ3n) is 3.71. The first-order valence-electron chi connectivity index (χ1n) is 5.19. The van der Waals surface area contributed by atoms with Gasteiger partial charge >= 0.3 is 0 Å². The first-order chi connectivity index (χ1) is 6.92. The quantitative estimate of drug-likeness (QED) is 0.505. The van der Waals surface area contributed by atoms with Crippen molar-refractivity contribution in [1.29, 1.82) is 0 Å². The normalized spacial score (nSPS) is 39.8. The van der Waals surface area contributed by atoms with Crippen molar-refractivity contribution in [1.82, 2.24) is 4.90 Å². The second-order valence-corrected chi connectivity index (χ2v) is 5.74. The number of hydrogen-bond acceptors (Lipinski definition) is 4. The predicted molar refractivity (Wildman–Crippen MR) is 54.2 cm³/mol. The van der Waals surface area contributed by atoms with E-state index in [4.69, 9.17) is 0 Å². The van der Waals surface area contributed by atoms with Gasteiger partial charge in [-0.2, -0.15) is 0 Å². The van der Waals surface area contributed by atoms with E-state index in [1.807, 2.05) is 26.2 Å². The minimum Gasteiger partial charge on any atom is -0.743 e. The molecule has 0 saturated carbocycles. The van der Waals surface area contributed by atoms with Crippen LogP contribution in [0.2, 0.25) is 0 Å². The molecule has 0 aromatic carbocycles. The van der Waals surface area contributed by atoms with Gasteiger partial charge in [-0.3, -0.25) is 4.48 Å². The Morgan fingerprint density at radius 2 is 2.27 bits per heavy atom. The summed E-state index contributed by atoms with van der Waals surface area (Å²) >= 11 is 0. The third kappa shape index (κ3) is 1.39. The van der Waals surface area contributed by atoms with Gasteiger partial charge in [-0.15, -0.1) is 0 Å². The number of rotatable bonds is 2. The topological polar surface area (TPSA) is 60.4 Å². The van der Waals surface area contributed by atoms with E-state index in [0.29, 0.717) is 10.9 Å². The summed E-state index contributed by atoms with van der Waals surface area (Å²) in [6.07, 6.45) is 4.31. The fraction of sp³-hybridized carbons (Fsp3) is 0.778. The smallest absolute Gasteiger partial charge is 0.190 e. The van der Waals surface area contributed by atoms with Gasteiger partial charge in [0.25, 0.3) is 0 Å². The second kappa shape index (κ2) is 3.20. The molecule has 86 valence electrons. The molecule has 15 heavy (non-hydrogen) atoms. The molecule has 6 heteroatoms. The van der Waals surface area contributed by atoms with Gasteiger partial charge in [0.2, 0.25) is 0 Å². The summed E-state index contributed by atoms with van der Waals surface area (Å²) in [4.78, 5) is 2.07. The van der Waals surface area contributed by atoms with Crippen molar-refractivity contribution in [2.24, 2.45) is 0 Å². The largest absolute Gasteiger partial charge is 0.743 e. The molecule has 3 atom stereocenters. The summed E-state index contributed by atoms with van der Waals surface area (Å²) in [5, 5.41) is -0.778. The van der Waals surface area contributed by atoms with Crippen LogP contribution >= 0.6 is 0 Å². The van der Waals surface area contributed by atoms with Gasteiger partial charge in [0.15, 0.2) is 21.7 Å². The molecule has 1 fully saturated rings. The van der Waals surface area contributed by atoms with Crippen LogP contribution in [-0.2, 0) is 10.1 Å². The van der Waals surface area contributed by atoms with Crippen LogP contribution in [0.4, 0.5) is 0 Å². The molecule has 1 spiro atoms. The summed E-state index contributed by atoms with van der Waals surface area (Å²) in [7, 11) is -4.18. The third-order valence-corrected chi connectivity index (χ3v) is 5.00. The van der Waals surface area contributed by atoms with E-state index < -0.39 is 15.5 Å². The van der Waals surface area contributed by atoms with E-state index in [2.05, 4.69) is 4.90 Å². The summed E-state index contributed by atoms with van der Waals surface area (Å²) in [5.74, 6) is 0. The van der Waals surface area contributed by atoms with Gasteiger partial charge in [-0.25, -0.2) is 8.42 Å². The van der Waals surface area contributed by atoms with E-state index in [-0.39, 0.29) is 6.17 Å². The van der Waals surface area contributed by atoms with Gasteiger partial charge in [-0.05, 0) is 6.92 Å². The standard InChI is InChI=1S/C9H16N2O3S/c1-3-10-5-7-11(8(10)2)6-4-9(11)15(12,13)14/h5,7-9H,3-4,6H2,1-2H3. The van der Waals surface area contributed by atoms with E-state index in [1.165, 1.54) is 0 Å². The lowest BCUT2D eigenvalue weighted by Crippen LogP contribution is -2.68. The van der Waals surface area contributed by atoms with Gasteiger partial charge < -0.3 is 9.45 Å². The van der Waals surface area contributed by atoms with Gasteiger partial charge in [0.1, 0.15) is 6.20 Å². The summed E-state index contributed by atoms with van der Waals surface area (Å²) in [6.45, 7) is 5.58. The molecule has 2 rings (SSSR count). The van der Waals surface area contributed by atoms with Crippen molar-refractivity contribution < 1.29 is 17.5 Å². The van der Waals surface area contributed by atoms with Crippen molar-refractivity contribution >= 4 is 10.1 Å². The average Bonchev–Trinajstić information content (AvgIpc) is 2.39. The van der Waals surface area contributed by atoms with Crippen LogP contribution in [0.5, 0.6) is 0 Å². The Labute approximate surface area is 90.3 Å². The summed E-state index contributed by atoms with van der Waals surface area (Å²) in [6, 6.07) is 0.